The van der Waals surface area contributed by atoms with Crippen LogP contribution < -0.4 is 5.32 Å². The predicted octanol–water partition coefficient (Wildman–Crippen LogP) is 0.655. The predicted molar refractivity (Wildman–Crippen MR) is 51.1 cm³/mol. The van der Waals surface area contributed by atoms with Crippen LogP contribution in [-0.2, 0) is 4.79 Å². The Labute approximate surface area is 83.1 Å². The minimum absolute atomic E-state index is 0.00477. The molecule has 1 atom stereocenters. The summed E-state index contributed by atoms with van der Waals surface area (Å²) in [5.41, 5.74) is 0. The summed E-state index contributed by atoms with van der Waals surface area (Å²) in [5.74, 6) is -0.812. The smallest absolute Gasteiger partial charge is 0.317 e. The zero-order chi connectivity index (χ0) is 10.6. The first kappa shape index (κ1) is 10.8. The lowest BCUT2D eigenvalue weighted by molar-refractivity contribution is -0.137. The number of nitrogens with zero attached hydrogens (tertiary/aromatic N) is 1. The lowest BCUT2D eigenvalue weighted by atomic mass is 10.1. The molecule has 80 valence electrons. The largest absolute Gasteiger partial charge is 0.481 e. The number of carboxylic acid groups (broad SMARTS) is 1. The van der Waals surface area contributed by atoms with E-state index in [0.717, 1.165) is 13.0 Å². The van der Waals surface area contributed by atoms with Gasteiger partial charge in [-0.2, -0.15) is 0 Å². The molecule has 1 saturated heterocycles. The minimum atomic E-state index is -0.812. The average molecular weight is 200 g/mol. The number of carboxylic acids is 1. The number of carbonyl (C=O) groups excluding carboxylic acids is 1. The topological polar surface area (TPSA) is 69.6 Å². The van der Waals surface area contributed by atoms with Gasteiger partial charge in [-0.05, 0) is 12.8 Å². The quantitative estimate of drug-likeness (QED) is 0.684. The molecule has 0 aliphatic carbocycles. The third kappa shape index (κ3) is 2.90. The number of aliphatic carboxylic acids is 1. The summed E-state index contributed by atoms with van der Waals surface area (Å²) in [4.78, 5) is 23.3. The van der Waals surface area contributed by atoms with Gasteiger partial charge in [0, 0.05) is 25.6 Å². The van der Waals surface area contributed by atoms with Gasteiger partial charge in [0.15, 0.2) is 0 Å². The van der Waals surface area contributed by atoms with Gasteiger partial charge in [0.25, 0.3) is 0 Å². The van der Waals surface area contributed by atoms with Crippen LogP contribution in [0.5, 0.6) is 0 Å². The second-order valence-electron chi connectivity index (χ2n) is 3.52. The first-order chi connectivity index (χ1) is 6.63. The Kier molecular flexibility index (Phi) is 3.73. The Morgan fingerprint density at radius 2 is 2.43 bits per heavy atom. The Balaban J connectivity index is 2.31. The second kappa shape index (κ2) is 4.83. The van der Waals surface area contributed by atoms with Crippen molar-refractivity contribution in [3.63, 3.8) is 0 Å². The molecule has 14 heavy (non-hydrogen) atoms. The van der Waals surface area contributed by atoms with E-state index in [0.29, 0.717) is 13.0 Å². The highest BCUT2D eigenvalue weighted by Crippen LogP contribution is 2.09. The van der Waals surface area contributed by atoms with E-state index in [-0.39, 0.29) is 18.5 Å². The third-order valence-electron chi connectivity index (χ3n) is 2.26. The second-order valence-corrected chi connectivity index (χ2v) is 3.52. The van der Waals surface area contributed by atoms with Crippen LogP contribution in [0.4, 0.5) is 4.79 Å². The number of hydrogen-bond donors (Lipinski definition) is 2. The Hall–Kier alpha value is -1.26. The summed E-state index contributed by atoms with van der Waals surface area (Å²) in [5, 5.41) is 11.3. The fourth-order valence-electron chi connectivity index (χ4n) is 1.58. The van der Waals surface area contributed by atoms with Crippen molar-refractivity contribution in [1.82, 2.24) is 10.2 Å². The van der Waals surface area contributed by atoms with Crippen LogP contribution in [0.1, 0.15) is 26.2 Å². The van der Waals surface area contributed by atoms with Crippen molar-refractivity contribution in [2.24, 2.45) is 0 Å². The third-order valence-corrected chi connectivity index (χ3v) is 2.26. The van der Waals surface area contributed by atoms with Gasteiger partial charge in [-0.3, -0.25) is 4.79 Å². The maximum atomic E-state index is 11.3. The number of urea groups is 1. The molecule has 0 aromatic carbocycles. The number of carbonyl (C=O) groups is 2. The number of amides is 2. The van der Waals surface area contributed by atoms with E-state index in [1.54, 1.807) is 4.90 Å². The number of hydrogen-bond acceptors (Lipinski definition) is 2. The van der Waals surface area contributed by atoms with Crippen molar-refractivity contribution < 1.29 is 14.7 Å². The molecule has 1 aliphatic rings. The van der Waals surface area contributed by atoms with E-state index < -0.39 is 5.97 Å². The van der Waals surface area contributed by atoms with Crippen molar-refractivity contribution in [1.29, 1.82) is 0 Å². The summed E-state index contributed by atoms with van der Waals surface area (Å²) >= 11 is 0. The summed E-state index contributed by atoms with van der Waals surface area (Å²) in [6, 6.07) is -0.0626. The lowest BCUT2D eigenvalue weighted by Crippen LogP contribution is -2.29. The van der Waals surface area contributed by atoms with Crippen LogP contribution >= 0.6 is 0 Å². The molecule has 1 unspecified atom stereocenters. The van der Waals surface area contributed by atoms with E-state index in [2.05, 4.69) is 5.32 Å². The standard InChI is InChI=1S/C9H16N2O3/c1-2-5-11-6-7(10-9(11)14)3-4-8(12)13/h7H,2-6H2,1H3,(H,10,14)(H,12,13). The SMILES string of the molecule is CCCN1CC(CCC(=O)O)NC1=O. The van der Waals surface area contributed by atoms with Gasteiger partial charge in [-0.15, -0.1) is 0 Å². The molecule has 0 radical (unpaired) electrons. The fourth-order valence-corrected chi connectivity index (χ4v) is 1.58. The molecule has 2 N–H and O–H groups in total. The molecular formula is C9H16N2O3. The molecular weight excluding hydrogens is 184 g/mol. The van der Waals surface area contributed by atoms with Crippen LogP contribution in [0.25, 0.3) is 0 Å². The Morgan fingerprint density at radius 1 is 1.71 bits per heavy atom. The van der Waals surface area contributed by atoms with Gasteiger partial charge < -0.3 is 15.3 Å². The summed E-state index contributed by atoms with van der Waals surface area (Å²) in [7, 11) is 0. The molecule has 0 aromatic heterocycles. The summed E-state index contributed by atoms with van der Waals surface area (Å²) < 4.78 is 0. The summed E-state index contributed by atoms with van der Waals surface area (Å²) in [6.07, 6.45) is 1.56. The molecule has 1 aliphatic heterocycles. The van der Waals surface area contributed by atoms with E-state index in [9.17, 15) is 9.59 Å². The highest BCUT2D eigenvalue weighted by atomic mass is 16.4. The average Bonchev–Trinajstić information content (AvgIpc) is 2.45. The molecule has 0 spiro atoms. The van der Waals surface area contributed by atoms with E-state index in [1.165, 1.54) is 0 Å². The normalized spacial score (nSPS) is 21.1. The van der Waals surface area contributed by atoms with Crippen LogP contribution in [-0.4, -0.2) is 41.1 Å². The first-order valence-electron chi connectivity index (χ1n) is 4.90. The molecule has 0 saturated carbocycles. The van der Waals surface area contributed by atoms with E-state index in [4.69, 9.17) is 5.11 Å². The number of nitrogens with one attached hydrogen (secondary N) is 1. The van der Waals surface area contributed by atoms with Gasteiger partial charge in [0.2, 0.25) is 0 Å². The number of rotatable bonds is 5. The van der Waals surface area contributed by atoms with Gasteiger partial charge in [-0.25, -0.2) is 4.79 Å². The summed E-state index contributed by atoms with van der Waals surface area (Å²) in [6.45, 7) is 3.40. The molecule has 2 amide bonds. The highest BCUT2D eigenvalue weighted by molar-refractivity contribution is 5.77. The fraction of sp³-hybridized carbons (Fsp3) is 0.778. The van der Waals surface area contributed by atoms with Gasteiger partial charge >= 0.3 is 12.0 Å². The van der Waals surface area contributed by atoms with E-state index >= 15 is 0 Å². The first-order valence-corrected chi connectivity index (χ1v) is 4.90. The zero-order valence-corrected chi connectivity index (χ0v) is 8.32. The van der Waals surface area contributed by atoms with Gasteiger partial charge in [-0.1, -0.05) is 6.92 Å². The molecule has 5 nitrogen and oxygen atoms in total. The minimum Gasteiger partial charge on any atom is -0.481 e. The van der Waals surface area contributed by atoms with Crippen LogP contribution in [0.2, 0.25) is 0 Å². The maximum Gasteiger partial charge on any atom is 0.317 e. The van der Waals surface area contributed by atoms with E-state index in [1.807, 2.05) is 6.92 Å². The molecule has 1 heterocycles. The zero-order valence-electron chi connectivity index (χ0n) is 8.32. The monoisotopic (exact) mass is 200 g/mol. The molecule has 5 heteroatoms. The molecule has 1 rings (SSSR count). The molecule has 0 aromatic rings. The maximum absolute atomic E-state index is 11.3. The van der Waals surface area contributed by atoms with Crippen molar-refractivity contribution in [3.8, 4) is 0 Å². The highest BCUT2D eigenvalue weighted by Gasteiger charge is 2.27. The van der Waals surface area contributed by atoms with Crippen LogP contribution in [0.15, 0.2) is 0 Å². The molecule has 1 fully saturated rings. The lowest BCUT2D eigenvalue weighted by Gasteiger charge is -2.12. The molecule has 0 bridgehead atoms. The Morgan fingerprint density at radius 3 is 3.00 bits per heavy atom. The van der Waals surface area contributed by atoms with Gasteiger partial charge in [0.1, 0.15) is 0 Å². The van der Waals surface area contributed by atoms with Crippen LogP contribution in [0, 0.1) is 0 Å². The van der Waals surface area contributed by atoms with Crippen molar-refractivity contribution in [3.05, 3.63) is 0 Å². The van der Waals surface area contributed by atoms with Crippen LogP contribution in [0.3, 0.4) is 0 Å². The van der Waals surface area contributed by atoms with Gasteiger partial charge in [0.05, 0.1) is 0 Å². The Bertz CT molecular complexity index is 230. The van der Waals surface area contributed by atoms with Crippen molar-refractivity contribution in [2.45, 2.75) is 32.2 Å². The van der Waals surface area contributed by atoms with Crippen molar-refractivity contribution >= 4 is 12.0 Å². The van der Waals surface area contributed by atoms with Crippen molar-refractivity contribution in [2.75, 3.05) is 13.1 Å².